The SMILES string of the molecule is COc1cc(-c2nnn(C)n2)ccc1N. The van der Waals surface area contributed by atoms with Gasteiger partial charge in [0.1, 0.15) is 5.75 Å². The zero-order valence-corrected chi connectivity index (χ0v) is 8.51. The first-order valence-electron chi connectivity index (χ1n) is 4.38. The Hall–Kier alpha value is -2.11. The molecular formula is C9H11N5O. The van der Waals surface area contributed by atoms with Gasteiger partial charge in [0.05, 0.1) is 19.8 Å². The van der Waals surface area contributed by atoms with Crippen LogP contribution in [0.25, 0.3) is 11.4 Å². The van der Waals surface area contributed by atoms with E-state index in [1.165, 1.54) is 4.80 Å². The predicted octanol–water partition coefficient (Wildman–Crippen LogP) is 0.468. The normalized spacial score (nSPS) is 10.3. The quantitative estimate of drug-likeness (QED) is 0.721. The summed E-state index contributed by atoms with van der Waals surface area (Å²) in [6, 6.07) is 5.37. The van der Waals surface area contributed by atoms with E-state index in [0.29, 0.717) is 17.3 Å². The molecule has 1 aromatic heterocycles. The van der Waals surface area contributed by atoms with Gasteiger partial charge in [-0.05, 0) is 23.4 Å². The summed E-state index contributed by atoms with van der Waals surface area (Å²) in [6.07, 6.45) is 0. The molecule has 0 saturated carbocycles. The highest BCUT2D eigenvalue weighted by molar-refractivity contribution is 5.64. The summed E-state index contributed by atoms with van der Waals surface area (Å²) in [7, 11) is 3.28. The van der Waals surface area contributed by atoms with E-state index in [-0.39, 0.29) is 0 Å². The second-order valence-electron chi connectivity index (χ2n) is 3.06. The summed E-state index contributed by atoms with van der Waals surface area (Å²) in [4.78, 5) is 1.40. The zero-order valence-electron chi connectivity index (χ0n) is 8.51. The maximum absolute atomic E-state index is 5.70. The molecule has 0 saturated heterocycles. The molecule has 0 atom stereocenters. The summed E-state index contributed by atoms with van der Waals surface area (Å²) in [5.41, 5.74) is 7.11. The van der Waals surface area contributed by atoms with Gasteiger partial charge in [-0.3, -0.25) is 0 Å². The number of benzene rings is 1. The van der Waals surface area contributed by atoms with Crippen LogP contribution in [0.4, 0.5) is 5.69 Å². The molecule has 0 bridgehead atoms. The summed E-state index contributed by atoms with van der Waals surface area (Å²) >= 11 is 0. The molecule has 0 aliphatic carbocycles. The van der Waals surface area contributed by atoms with E-state index in [4.69, 9.17) is 10.5 Å². The van der Waals surface area contributed by atoms with Gasteiger partial charge in [-0.25, -0.2) is 0 Å². The van der Waals surface area contributed by atoms with Crippen LogP contribution in [-0.2, 0) is 7.05 Å². The van der Waals surface area contributed by atoms with Gasteiger partial charge >= 0.3 is 0 Å². The van der Waals surface area contributed by atoms with Crippen LogP contribution in [0.5, 0.6) is 5.75 Å². The van der Waals surface area contributed by atoms with Crippen molar-refractivity contribution in [3.8, 4) is 17.1 Å². The zero-order chi connectivity index (χ0) is 10.8. The van der Waals surface area contributed by atoms with E-state index in [1.807, 2.05) is 6.07 Å². The molecule has 0 aliphatic heterocycles. The van der Waals surface area contributed by atoms with E-state index < -0.39 is 0 Å². The second kappa shape index (κ2) is 3.56. The molecule has 15 heavy (non-hydrogen) atoms. The number of anilines is 1. The Labute approximate surface area is 86.7 Å². The Morgan fingerprint density at radius 1 is 1.40 bits per heavy atom. The lowest BCUT2D eigenvalue weighted by Crippen LogP contribution is -1.94. The van der Waals surface area contributed by atoms with Crippen molar-refractivity contribution < 1.29 is 4.74 Å². The third-order valence-electron chi connectivity index (χ3n) is 2.00. The van der Waals surface area contributed by atoms with E-state index >= 15 is 0 Å². The maximum Gasteiger partial charge on any atom is 0.205 e. The predicted molar refractivity (Wildman–Crippen MR) is 55.2 cm³/mol. The molecular weight excluding hydrogens is 194 g/mol. The molecule has 0 unspecified atom stereocenters. The van der Waals surface area contributed by atoms with Gasteiger partial charge in [0.2, 0.25) is 5.82 Å². The first-order valence-corrected chi connectivity index (χ1v) is 4.38. The smallest absolute Gasteiger partial charge is 0.205 e. The summed E-state index contributed by atoms with van der Waals surface area (Å²) in [5, 5.41) is 11.7. The van der Waals surface area contributed by atoms with Gasteiger partial charge in [-0.15, -0.1) is 10.2 Å². The van der Waals surface area contributed by atoms with Crippen LogP contribution in [0.1, 0.15) is 0 Å². The molecule has 0 radical (unpaired) electrons. The first-order chi connectivity index (χ1) is 7.20. The van der Waals surface area contributed by atoms with Crippen LogP contribution >= 0.6 is 0 Å². The third-order valence-corrected chi connectivity index (χ3v) is 2.00. The van der Waals surface area contributed by atoms with E-state index in [2.05, 4.69) is 15.4 Å². The van der Waals surface area contributed by atoms with Crippen LogP contribution in [0.15, 0.2) is 18.2 Å². The highest BCUT2D eigenvalue weighted by Gasteiger charge is 2.07. The Kier molecular flexibility index (Phi) is 2.24. The second-order valence-corrected chi connectivity index (χ2v) is 3.06. The molecule has 0 amide bonds. The number of nitrogen functional groups attached to an aromatic ring is 1. The van der Waals surface area contributed by atoms with Crippen molar-refractivity contribution >= 4 is 5.69 Å². The molecule has 0 aliphatic rings. The molecule has 2 N–H and O–H groups in total. The van der Waals surface area contributed by atoms with Crippen molar-refractivity contribution in [2.45, 2.75) is 0 Å². The lowest BCUT2D eigenvalue weighted by molar-refractivity contribution is 0.417. The number of tetrazole rings is 1. The highest BCUT2D eigenvalue weighted by atomic mass is 16.5. The van der Waals surface area contributed by atoms with Gasteiger partial charge in [0, 0.05) is 5.56 Å². The molecule has 2 rings (SSSR count). The van der Waals surface area contributed by atoms with Crippen LogP contribution in [-0.4, -0.2) is 27.3 Å². The number of nitrogens with two attached hydrogens (primary N) is 1. The van der Waals surface area contributed by atoms with E-state index in [0.717, 1.165) is 5.56 Å². The number of aromatic nitrogens is 4. The van der Waals surface area contributed by atoms with Gasteiger partial charge in [-0.1, -0.05) is 0 Å². The number of methoxy groups -OCH3 is 1. The third kappa shape index (κ3) is 1.74. The van der Waals surface area contributed by atoms with Crippen molar-refractivity contribution in [3.05, 3.63) is 18.2 Å². The van der Waals surface area contributed by atoms with Crippen molar-refractivity contribution in [3.63, 3.8) is 0 Å². The van der Waals surface area contributed by atoms with Crippen LogP contribution in [0.2, 0.25) is 0 Å². The van der Waals surface area contributed by atoms with Crippen LogP contribution in [0.3, 0.4) is 0 Å². The van der Waals surface area contributed by atoms with Crippen LogP contribution < -0.4 is 10.5 Å². The van der Waals surface area contributed by atoms with Gasteiger partial charge < -0.3 is 10.5 Å². The van der Waals surface area contributed by atoms with Crippen molar-refractivity contribution in [2.24, 2.45) is 7.05 Å². The van der Waals surface area contributed by atoms with Crippen molar-refractivity contribution in [2.75, 3.05) is 12.8 Å². The largest absolute Gasteiger partial charge is 0.495 e. The summed E-state index contributed by atoms with van der Waals surface area (Å²) in [6.45, 7) is 0. The number of hydrogen-bond acceptors (Lipinski definition) is 5. The Bertz CT molecular complexity index is 479. The topological polar surface area (TPSA) is 78.9 Å². The molecule has 1 aromatic carbocycles. The van der Waals surface area contributed by atoms with E-state index in [1.54, 1.807) is 26.3 Å². The van der Waals surface area contributed by atoms with Gasteiger partial charge in [0.15, 0.2) is 0 Å². The lowest BCUT2D eigenvalue weighted by Gasteiger charge is -2.04. The Balaban J connectivity index is 2.45. The highest BCUT2D eigenvalue weighted by Crippen LogP contribution is 2.26. The maximum atomic E-state index is 5.70. The monoisotopic (exact) mass is 205 g/mol. The summed E-state index contributed by atoms with van der Waals surface area (Å²) in [5.74, 6) is 1.16. The number of rotatable bonds is 2. The fraction of sp³-hybridized carbons (Fsp3) is 0.222. The Morgan fingerprint density at radius 2 is 2.20 bits per heavy atom. The Morgan fingerprint density at radius 3 is 2.80 bits per heavy atom. The molecule has 6 nitrogen and oxygen atoms in total. The molecule has 6 heteroatoms. The van der Waals surface area contributed by atoms with Gasteiger partial charge in [0.25, 0.3) is 0 Å². The van der Waals surface area contributed by atoms with Crippen molar-refractivity contribution in [1.29, 1.82) is 0 Å². The summed E-state index contributed by atoms with van der Waals surface area (Å²) < 4.78 is 5.11. The standard InChI is InChI=1S/C9H11N5O/c1-14-12-9(11-13-14)6-3-4-7(10)8(5-6)15-2/h3-5H,10H2,1-2H3. The van der Waals surface area contributed by atoms with E-state index in [9.17, 15) is 0 Å². The fourth-order valence-electron chi connectivity index (χ4n) is 1.25. The fourth-order valence-corrected chi connectivity index (χ4v) is 1.25. The average molecular weight is 205 g/mol. The number of nitrogens with zero attached hydrogens (tertiary/aromatic N) is 4. The van der Waals surface area contributed by atoms with Crippen molar-refractivity contribution in [1.82, 2.24) is 20.2 Å². The van der Waals surface area contributed by atoms with Crippen LogP contribution in [0, 0.1) is 0 Å². The van der Waals surface area contributed by atoms with Gasteiger partial charge in [-0.2, -0.15) is 4.80 Å². The molecule has 1 heterocycles. The number of aryl methyl sites for hydroxylation is 1. The minimum absolute atomic E-state index is 0.552. The minimum atomic E-state index is 0.552. The molecule has 0 spiro atoms. The lowest BCUT2D eigenvalue weighted by atomic mass is 10.2. The molecule has 78 valence electrons. The number of hydrogen-bond donors (Lipinski definition) is 1. The molecule has 2 aromatic rings. The molecule has 0 fully saturated rings. The first kappa shape index (κ1) is 9.45. The average Bonchev–Trinajstić information content (AvgIpc) is 2.66. The number of ether oxygens (including phenoxy) is 1. The minimum Gasteiger partial charge on any atom is -0.495 e.